The molecule has 1 saturated carbocycles. The van der Waals surface area contributed by atoms with Crippen LogP contribution in [0.4, 0.5) is 5.69 Å². The molecule has 1 aliphatic rings. The van der Waals surface area contributed by atoms with Crippen LogP contribution in [0.15, 0.2) is 99.3 Å². The number of nitrogens with one attached hydrogen (secondary N) is 1. The van der Waals surface area contributed by atoms with Gasteiger partial charge in [-0.05, 0) is 66.5 Å². The van der Waals surface area contributed by atoms with Gasteiger partial charge in [-0.25, -0.2) is 9.78 Å². The van der Waals surface area contributed by atoms with Crippen molar-refractivity contribution in [2.24, 2.45) is 5.92 Å². The minimum atomic E-state index is -3.87. The summed E-state index contributed by atoms with van der Waals surface area (Å²) < 4.78 is 33.9. The van der Waals surface area contributed by atoms with Gasteiger partial charge in [-0.1, -0.05) is 55.5 Å². The average molecular weight is 531 g/mol. The van der Waals surface area contributed by atoms with Crippen LogP contribution in [0.25, 0.3) is 0 Å². The van der Waals surface area contributed by atoms with Gasteiger partial charge in [0.25, 0.3) is 10.0 Å². The van der Waals surface area contributed by atoms with Crippen LogP contribution in [-0.4, -0.2) is 18.5 Å². The Hall–Kier alpha value is -3.91. The molecule has 0 amide bonds. The molecule has 196 valence electrons. The molecule has 8 heteroatoms. The molecule has 2 atom stereocenters. The van der Waals surface area contributed by atoms with Crippen LogP contribution in [0.5, 0.6) is 5.75 Å². The molecule has 5 rings (SSSR count). The predicted octanol–water partition coefficient (Wildman–Crippen LogP) is 5.82. The highest BCUT2D eigenvalue weighted by Crippen LogP contribution is 2.48. The minimum absolute atomic E-state index is 0.0843. The van der Waals surface area contributed by atoms with Gasteiger partial charge in [0.05, 0.1) is 5.56 Å². The van der Waals surface area contributed by atoms with Crippen LogP contribution in [-0.2, 0) is 16.4 Å². The molecule has 0 aliphatic heterocycles. The fourth-order valence-electron chi connectivity index (χ4n) is 5.00. The number of hydrogen-bond donors (Lipinski definition) is 2. The zero-order valence-corrected chi connectivity index (χ0v) is 21.9. The van der Waals surface area contributed by atoms with E-state index in [9.17, 15) is 18.3 Å². The van der Waals surface area contributed by atoms with E-state index in [0.29, 0.717) is 17.9 Å². The molecule has 2 unspecified atom stereocenters. The van der Waals surface area contributed by atoms with Gasteiger partial charge in [0, 0.05) is 30.3 Å². The van der Waals surface area contributed by atoms with Gasteiger partial charge in [0.2, 0.25) is 0 Å². The monoisotopic (exact) mass is 530 g/mol. The molecule has 0 spiro atoms. The highest BCUT2D eigenvalue weighted by Gasteiger charge is 2.37. The Morgan fingerprint density at radius 3 is 2.39 bits per heavy atom. The van der Waals surface area contributed by atoms with Crippen molar-refractivity contribution in [3.63, 3.8) is 0 Å². The van der Waals surface area contributed by atoms with Crippen molar-refractivity contribution in [3.8, 4) is 5.75 Å². The minimum Gasteiger partial charge on any atom is -0.507 e. The number of nitrogens with zero attached hydrogens (tertiary/aromatic N) is 1. The van der Waals surface area contributed by atoms with Crippen LogP contribution in [0.3, 0.4) is 0 Å². The van der Waals surface area contributed by atoms with Crippen LogP contribution >= 0.6 is 0 Å². The first kappa shape index (κ1) is 25.7. The van der Waals surface area contributed by atoms with E-state index in [-0.39, 0.29) is 28.2 Å². The Morgan fingerprint density at radius 2 is 1.74 bits per heavy atom. The summed E-state index contributed by atoms with van der Waals surface area (Å²) in [6, 6.07) is 23.2. The lowest BCUT2D eigenvalue weighted by Crippen LogP contribution is -2.18. The molecule has 2 aromatic carbocycles. The van der Waals surface area contributed by atoms with Gasteiger partial charge in [0.15, 0.2) is 5.03 Å². The molecule has 0 saturated heterocycles. The number of hydrogen-bond acceptors (Lipinski definition) is 6. The number of benzene rings is 2. The van der Waals surface area contributed by atoms with E-state index in [0.717, 1.165) is 30.4 Å². The Labute approximate surface area is 222 Å². The van der Waals surface area contributed by atoms with Crippen LogP contribution < -0.4 is 10.3 Å². The summed E-state index contributed by atoms with van der Waals surface area (Å²) in [7, 11) is -3.87. The molecule has 2 N–H and O–H groups in total. The van der Waals surface area contributed by atoms with Gasteiger partial charge in [-0.15, -0.1) is 0 Å². The summed E-state index contributed by atoms with van der Waals surface area (Å²) in [6.07, 6.45) is 4.59. The smallest absolute Gasteiger partial charge is 0.343 e. The summed E-state index contributed by atoms with van der Waals surface area (Å²) in [5, 5.41) is 11.0. The molecule has 2 aromatic heterocycles. The van der Waals surface area contributed by atoms with Gasteiger partial charge in [0.1, 0.15) is 11.5 Å². The first-order valence-corrected chi connectivity index (χ1v) is 14.3. The average Bonchev–Trinajstić information content (AvgIpc) is 3.75. The Kier molecular flexibility index (Phi) is 7.33. The van der Waals surface area contributed by atoms with Gasteiger partial charge in [-0.2, -0.15) is 8.42 Å². The molecule has 0 radical (unpaired) electrons. The third-order valence-electron chi connectivity index (χ3n) is 7.04. The number of pyridine rings is 1. The van der Waals surface area contributed by atoms with Crippen molar-refractivity contribution >= 4 is 15.7 Å². The Balaban J connectivity index is 1.44. The zero-order chi connectivity index (χ0) is 26.7. The van der Waals surface area contributed by atoms with Crippen LogP contribution in [0, 0.1) is 5.92 Å². The van der Waals surface area contributed by atoms with E-state index in [4.69, 9.17) is 4.42 Å². The van der Waals surface area contributed by atoms with Crippen LogP contribution in [0.2, 0.25) is 0 Å². The highest BCUT2D eigenvalue weighted by molar-refractivity contribution is 7.92. The number of anilines is 1. The van der Waals surface area contributed by atoms with Crippen molar-refractivity contribution < 1.29 is 17.9 Å². The molecule has 4 aromatic rings. The third kappa shape index (κ3) is 5.65. The molecule has 2 heterocycles. The van der Waals surface area contributed by atoms with E-state index in [1.165, 1.54) is 12.3 Å². The maximum Gasteiger partial charge on any atom is 0.343 e. The topological polar surface area (TPSA) is 110 Å². The SMILES string of the molecule is CCC(Cc1cc(O)c(C(c2cccc(NS(=O)(=O)c3ccccn3)c2)C2CC2)c(=O)o1)c1ccccc1. The molecule has 38 heavy (non-hydrogen) atoms. The molecule has 0 bridgehead atoms. The molecule has 1 fully saturated rings. The normalized spacial score (nSPS) is 15.1. The van der Waals surface area contributed by atoms with Crippen molar-refractivity contribution in [1.82, 2.24) is 4.98 Å². The summed E-state index contributed by atoms with van der Waals surface area (Å²) >= 11 is 0. The Bertz CT molecular complexity index is 1570. The number of rotatable bonds is 10. The van der Waals surface area contributed by atoms with Crippen LogP contribution in [0.1, 0.15) is 60.5 Å². The van der Waals surface area contributed by atoms with Gasteiger partial charge < -0.3 is 9.52 Å². The van der Waals surface area contributed by atoms with Crippen molar-refractivity contribution in [2.45, 2.75) is 49.5 Å². The zero-order valence-electron chi connectivity index (χ0n) is 21.1. The van der Waals surface area contributed by atoms with E-state index in [2.05, 4.69) is 28.8 Å². The molecule has 7 nitrogen and oxygen atoms in total. The van der Waals surface area contributed by atoms with Gasteiger partial charge in [-0.3, -0.25) is 4.72 Å². The number of aromatic hydroxyl groups is 1. The quantitative estimate of drug-likeness (QED) is 0.267. The van der Waals surface area contributed by atoms with E-state index in [1.54, 1.807) is 36.4 Å². The third-order valence-corrected chi connectivity index (χ3v) is 8.34. The predicted molar refractivity (Wildman–Crippen MR) is 146 cm³/mol. The number of sulfonamides is 1. The van der Waals surface area contributed by atoms with Crippen molar-refractivity contribution in [2.75, 3.05) is 4.72 Å². The first-order chi connectivity index (χ1) is 18.4. The van der Waals surface area contributed by atoms with Crippen molar-refractivity contribution in [1.29, 1.82) is 0 Å². The fraction of sp³-hybridized carbons (Fsp3) is 0.267. The lowest BCUT2D eigenvalue weighted by molar-refractivity contribution is 0.395. The standard InChI is InChI=1S/C30H30N2O5S/c1-2-20(21-9-4-3-5-10-21)18-25-19-26(33)29(30(34)37-25)28(22-14-15-22)23-11-8-12-24(17-23)32-38(35,36)27-13-6-7-16-31-27/h3-13,16-17,19-20,22,28,32-33H,2,14-15,18H2,1H3. The highest BCUT2D eigenvalue weighted by atomic mass is 32.2. The maximum absolute atomic E-state index is 13.3. The molecular weight excluding hydrogens is 500 g/mol. The van der Waals surface area contributed by atoms with Gasteiger partial charge >= 0.3 is 5.63 Å². The molecule has 1 aliphatic carbocycles. The largest absolute Gasteiger partial charge is 0.507 e. The van der Waals surface area contributed by atoms with E-state index < -0.39 is 21.6 Å². The second kappa shape index (κ2) is 10.8. The first-order valence-electron chi connectivity index (χ1n) is 12.8. The second-order valence-electron chi connectivity index (χ2n) is 9.73. The molecular formula is C30H30N2O5S. The van der Waals surface area contributed by atoms with E-state index in [1.807, 2.05) is 24.3 Å². The Morgan fingerprint density at radius 1 is 1.00 bits per heavy atom. The van der Waals surface area contributed by atoms with Crippen molar-refractivity contribution in [3.05, 3.63) is 118 Å². The fourth-order valence-corrected chi connectivity index (χ4v) is 6.00. The lowest BCUT2D eigenvalue weighted by atomic mass is 9.86. The summed E-state index contributed by atoms with van der Waals surface area (Å²) in [4.78, 5) is 17.2. The lowest BCUT2D eigenvalue weighted by Gasteiger charge is -2.20. The van der Waals surface area contributed by atoms with E-state index >= 15 is 0 Å². The summed E-state index contributed by atoms with van der Waals surface area (Å²) in [5.41, 5.74) is 1.91. The summed E-state index contributed by atoms with van der Waals surface area (Å²) in [6.45, 7) is 2.09. The number of aromatic nitrogens is 1. The maximum atomic E-state index is 13.3. The summed E-state index contributed by atoms with van der Waals surface area (Å²) in [5.74, 6) is 0.266. The second-order valence-corrected chi connectivity index (χ2v) is 11.4.